The summed E-state index contributed by atoms with van der Waals surface area (Å²) in [6.07, 6.45) is 5.29. The zero-order valence-electron chi connectivity index (χ0n) is 28.0. The number of sulfonamides is 1. The lowest BCUT2D eigenvalue weighted by Gasteiger charge is -2.35. The van der Waals surface area contributed by atoms with Gasteiger partial charge in [0.15, 0.2) is 0 Å². The van der Waals surface area contributed by atoms with Crippen molar-refractivity contribution in [2.45, 2.75) is 75.9 Å². The first-order valence-electron chi connectivity index (χ1n) is 16.6. The fraction of sp³-hybridized carbons (Fsp3) is 0.333. The van der Waals surface area contributed by atoms with Gasteiger partial charge in [-0.05, 0) is 85.3 Å². The van der Waals surface area contributed by atoms with Crippen LogP contribution in [0.1, 0.15) is 54.4 Å². The molecule has 0 spiro atoms. The van der Waals surface area contributed by atoms with Gasteiger partial charge in [0, 0.05) is 19.0 Å². The van der Waals surface area contributed by atoms with Crippen LogP contribution in [0.15, 0.2) is 108 Å². The zero-order valence-corrected chi connectivity index (χ0v) is 28.8. The number of benzene rings is 4. The number of rotatable bonds is 13. The summed E-state index contributed by atoms with van der Waals surface area (Å²) in [6.45, 7) is 3.38. The molecule has 8 nitrogen and oxygen atoms in total. The van der Waals surface area contributed by atoms with Crippen molar-refractivity contribution in [2.24, 2.45) is 0 Å². The molecule has 0 radical (unpaired) electrons. The van der Waals surface area contributed by atoms with E-state index in [4.69, 9.17) is 4.74 Å². The summed E-state index contributed by atoms with van der Waals surface area (Å²) in [5, 5.41) is 3.25. The Labute approximate surface area is 284 Å². The second-order valence-electron chi connectivity index (χ2n) is 12.6. The van der Waals surface area contributed by atoms with E-state index in [9.17, 15) is 18.0 Å². The normalized spacial score (nSPS) is 14.1. The van der Waals surface area contributed by atoms with Crippen LogP contribution in [0.25, 0.3) is 0 Å². The number of nitrogens with zero attached hydrogens (tertiary/aromatic N) is 2. The predicted octanol–water partition coefficient (Wildman–Crippen LogP) is 6.60. The minimum absolute atomic E-state index is 0.0310. The van der Waals surface area contributed by atoms with E-state index in [1.807, 2.05) is 74.5 Å². The third kappa shape index (κ3) is 8.83. The summed E-state index contributed by atoms with van der Waals surface area (Å²) in [6, 6.07) is 29.7. The van der Waals surface area contributed by atoms with E-state index in [0.717, 1.165) is 54.4 Å². The highest BCUT2D eigenvalue weighted by molar-refractivity contribution is 7.92. The molecular formula is C39H45N3O5S. The van der Waals surface area contributed by atoms with Crippen molar-refractivity contribution in [1.29, 1.82) is 0 Å². The molecule has 0 bridgehead atoms. The minimum Gasteiger partial charge on any atom is -0.497 e. The lowest BCUT2D eigenvalue weighted by atomic mass is 9.94. The topological polar surface area (TPSA) is 96.0 Å². The van der Waals surface area contributed by atoms with E-state index in [1.54, 1.807) is 37.4 Å². The number of anilines is 1. The fourth-order valence-corrected chi connectivity index (χ4v) is 7.83. The summed E-state index contributed by atoms with van der Waals surface area (Å²) < 4.78 is 35.2. The van der Waals surface area contributed by atoms with E-state index >= 15 is 0 Å². The third-order valence-corrected chi connectivity index (χ3v) is 10.6. The average molecular weight is 668 g/mol. The zero-order chi connectivity index (χ0) is 34.1. The number of methoxy groups -OCH3 is 1. The molecule has 48 heavy (non-hydrogen) atoms. The molecule has 5 rings (SSSR count). The van der Waals surface area contributed by atoms with Crippen LogP contribution in [0.5, 0.6) is 5.75 Å². The summed E-state index contributed by atoms with van der Waals surface area (Å²) in [5.74, 6) is -0.114. The number of nitrogens with one attached hydrogen (secondary N) is 1. The number of carbonyl (C=O) groups is 2. The van der Waals surface area contributed by atoms with Gasteiger partial charge in [0.05, 0.1) is 17.7 Å². The van der Waals surface area contributed by atoms with E-state index in [1.165, 1.54) is 21.3 Å². The Bertz CT molecular complexity index is 1770. The SMILES string of the molecule is COc1cccc(CN(C(=O)CN(c2cc(C)cc(C)c2)S(=O)(=O)c2ccccc2)[C@H](Cc2ccccc2)C(=O)NC2CCCCC2)c1. The molecule has 252 valence electrons. The molecule has 0 unspecified atom stereocenters. The van der Waals surface area contributed by atoms with Crippen molar-refractivity contribution in [3.8, 4) is 5.75 Å². The Balaban J connectivity index is 1.58. The smallest absolute Gasteiger partial charge is 0.264 e. The van der Waals surface area contributed by atoms with E-state index in [0.29, 0.717) is 11.4 Å². The first kappa shape index (κ1) is 34.7. The number of carbonyl (C=O) groups excluding carboxylic acids is 2. The van der Waals surface area contributed by atoms with Gasteiger partial charge in [0.1, 0.15) is 18.3 Å². The molecule has 0 heterocycles. The van der Waals surface area contributed by atoms with Gasteiger partial charge in [0.2, 0.25) is 11.8 Å². The molecule has 0 saturated heterocycles. The molecule has 1 aliphatic carbocycles. The first-order chi connectivity index (χ1) is 23.1. The van der Waals surface area contributed by atoms with Crippen molar-refractivity contribution in [3.63, 3.8) is 0 Å². The minimum atomic E-state index is -4.16. The van der Waals surface area contributed by atoms with Crippen LogP contribution < -0.4 is 14.4 Å². The highest BCUT2D eigenvalue weighted by atomic mass is 32.2. The second kappa shape index (κ2) is 16.0. The summed E-state index contributed by atoms with van der Waals surface area (Å²) >= 11 is 0. The van der Waals surface area contributed by atoms with Gasteiger partial charge in [-0.25, -0.2) is 8.42 Å². The van der Waals surface area contributed by atoms with Gasteiger partial charge in [0.25, 0.3) is 10.0 Å². The van der Waals surface area contributed by atoms with Crippen LogP contribution in [0, 0.1) is 13.8 Å². The number of aryl methyl sites for hydroxylation is 2. The van der Waals surface area contributed by atoms with E-state index < -0.39 is 28.5 Å². The summed E-state index contributed by atoms with van der Waals surface area (Å²) in [7, 11) is -2.58. The number of hydrogen-bond acceptors (Lipinski definition) is 5. The van der Waals surface area contributed by atoms with Gasteiger partial charge in [-0.15, -0.1) is 0 Å². The van der Waals surface area contributed by atoms with Gasteiger partial charge in [-0.2, -0.15) is 0 Å². The Morgan fingerprint density at radius 1 is 0.812 bits per heavy atom. The standard InChI is InChI=1S/C39H45N3O5S/c1-29-22-30(2)24-34(23-29)42(48(45,46)36-20-11-6-12-21-36)28-38(43)41(27-32-16-13-19-35(25-32)47-3)37(26-31-14-7-4-8-15-31)39(44)40-33-17-9-5-10-18-33/h4,6-8,11-16,19-25,33,37H,5,9-10,17-18,26-28H2,1-3H3,(H,40,44)/t37-/m1/s1. The molecule has 0 aromatic heterocycles. The molecule has 0 aliphatic heterocycles. The van der Waals surface area contributed by atoms with Crippen LogP contribution in [0.3, 0.4) is 0 Å². The van der Waals surface area contributed by atoms with E-state index in [-0.39, 0.29) is 29.8 Å². The molecule has 1 N–H and O–H groups in total. The fourth-order valence-electron chi connectivity index (χ4n) is 6.41. The number of ether oxygens (including phenoxy) is 1. The maximum Gasteiger partial charge on any atom is 0.264 e. The lowest BCUT2D eigenvalue weighted by molar-refractivity contribution is -0.140. The van der Waals surface area contributed by atoms with Crippen LogP contribution >= 0.6 is 0 Å². The van der Waals surface area contributed by atoms with Crippen LogP contribution in [-0.2, 0) is 32.6 Å². The third-order valence-electron chi connectivity index (χ3n) is 8.81. The quantitative estimate of drug-likeness (QED) is 0.174. The molecule has 4 aromatic carbocycles. The van der Waals surface area contributed by atoms with Gasteiger partial charge in [-0.3, -0.25) is 13.9 Å². The Kier molecular flexibility index (Phi) is 11.5. The van der Waals surface area contributed by atoms with Crippen molar-refractivity contribution in [2.75, 3.05) is 18.0 Å². The molecule has 1 fully saturated rings. The highest BCUT2D eigenvalue weighted by Crippen LogP contribution is 2.28. The van der Waals surface area contributed by atoms with Crippen molar-refractivity contribution >= 4 is 27.5 Å². The van der Waals surface area contributed by atoms with Gasteiger partial charge >= 0.3 is 0 Å². The van der Waals surface area contributed by atoms with Crippen molar-refractivity contribution < 1.29 is 22.7 Å². The molecule has 1 atom stereocenters. The second-order valence-corrected chi connectivity index (χ2v) is 14.5. The lowest BCUT2D eigenvalue weighted by Crippen LogP contribution is -2.55. The van der Waals surface area contributed by atoms with Gasteiger partial charge in [-0.1, -0.05) is 86.0 Å². The molecule has 1 saturated carbocycles. The maximum atomic E-state index is 14.8. The first-order valence-corrected chi connectivity index (χ1v) is 18.0. The monoisotopic (exact) mass is 667 g/mol. The Morgan fingerprint density at radius 2 is 1.44 bits per heavy atom. The Hall–Kier alpha value is -4.63. The maximum absolute atomic E-state index is 14.8. The number of amides is 2. The summed E-state index contributed by atoms with van der Waals surface area (Å²) in [4.78, 5) is 30.7. The highest BCUT2D eigenvalue weighted by Gasteiger charge is 2.35. The average Bonchev–Trinajstić information content (AvgIpc) is 3.09. The molecular weight excluding hydrogens is 623 g/mol. The molecule has 9 heteroatoms. The summed E-state index contributed by atoms with van der Waals surface area (Å²) in [5.41, 5.74) is 3.78. The van der Waals surface area contributed by atoms with Crippen molar-refractivity contribution in [1.82, 2.24) is 10.2 Å². The van der Waals surface area contributed by atoms with Crippen LogP contribution in [0.4, 0.5) is 5.69 Å². The molecule has 2 amide bonds. The van der Waals surface area contributed by atoms with Crippen LogP contribution in [0.2, 0.25) is 0 Å². The van der Waals surface area contributed by atoms with Crippen LogP contribution in [-0.4, -0.2) is 50.9 Å². The van der Waals surface area contributed by atoms with E-state index in [2.05, 4.69) is 5.32 Å². The predicted molar refractivity (Wildman–Crippen MR) is 189 cm³/mol. The molecule has 4 aromatic rings. The van der Waals surface area contributed by atoms with Crippen molar-refractivity contribution in [3.05, 3.63) is 125 Å². The van der Waals surface area contributed by atoms with Gasteiger partial charge < -0.3 is 15.0 Å². The largest absolute Gasteiger partial charge is 0.497 e. The molecule has 1 aliphatic rings. The number of hydrogen-bond donors (Lipinski definition) is 1. The Morgan fingerprint density at radius 3 is 2.08 bits per heavy atom.